The van der Waals surface area contributed by atoms with Crippen LogP contribution in [0.2, 0.25) is 0 Å². The van der Waals surface area contributed by atoms with Gasteiger partial charge >= 0.3 is 0 Å². The van der Waals surface area contributed by atoms with Crippen molar-refractivity contribution in [1.29, 1.82) is 0 Å². The first-order chi connectivity index (χ1) is 8.75. The van der Waals surface area contributed by atoms with Crippen molar-refractivity contribution in [3.05, 3.63) is 18.3 Å². The highest BCUT2D eigenvalue weighted by Crippen LogP contribution is 2.28. The van der Waals surface area contributed by atoms with Crippen molar-refractivity contribution in [2.75, 3.05) is 11.9 Å². The normalized spacial score (nSPS) is 16.2. The predicted molar refractivity (Wildman–Crippen MR) is 75.1 cm³/mol. The molecule has 100 valence electrons. The fourth-order valence-electron chi connectivity index (χ4n) is 2.55. The molecule has 1 aliphatic carbocycles. The van der Waals surface area contributed by atoms with Crippen LogP contribution in [0.4, 0.5) is 5.69 Å². The molecule has 18 heavy (non-hydrogen) atoms. The maximum atomic E-state index is 5.69. The summed E-state index contributed by atoms with van der Waals surface area (Å²) in [5, 5.41) is 3.46. The minimum Gasteiger partial charge on any atom is -0.473 e. The molecular formula is C15H24N2O. The molecule has 0 radical (unpaired) electrons. The van der Waals surface area contributed by atoms with Gasteiger partial charge in [-0.3, -0.25) is 0 Å². The second kappa shape index (κ2) is 6.62. The summed E-state index contributed by atoms with van der Waals surface area (Å²) in [6.45, 7) is 5.07. The van der Waals surface area contributed by atoms with Gasteiger partial charge in [-0.15, -0.1) is 0 Å². The molecule has 1 fully saturated rings. The highest BCUT2D eigenvalue weighted by molar-refractivity contribution is 5.51. The number of nitrogens with one attached hydrogen (secondary N) is 1. The predicted octanol–water partition coefficient (Wildman–Crippen LogP) is 3.86. The number of hydrogen-bond acceptors (Lipinski definition) is 3. The molecule has 0 amide bonds. The first-order valence-electron chi connectivity index (χ1n) is 7.11. The van der Waals surface area contributed by atoms with Crippen LogP contribution in [0.15, 0.2) is 18.3 Å². The molecule has 1 N–H and O–H groups in total. The third-order valence-electron chi connectivity index (χ3n) is 3.46. The van der Waals surface area contributed by atoms with Crippen molar-refractivity contribution in [2.24, 2.45) is 5.92 Å². The van der Waals surface area contributed by atoms with Gasteiger partial charge in [0.1, 0.15) is 0 Å². The summed E-state index contributed by atoms with van der Waals surface area (Å²) >= 11 is 0. The lowest BCUT2D eigenvalue weighted by Crippen LogP contribution is -2.11. The smallest absolute Gasteiger partial charge is 0.237 e. The third-order valence-corrected chi connectivity index (χ3v) is 3.46. The van der Waals surface area contributed by atoms with Gasteiger partial charge in [0, 0.05) is 12.7 Å². The molecule has 0 aromatic carbocycles. The highest BCUT2D eigenvalue weighted by atomic mass is 16.5. The van der Waals surface area contributed by atoms with Crippen LogP contribution in [0.5, 0.6) is 5.88 Å². The lowest BCUT2D eigenvalue weighted by Gasteiger charge is -2.15. The first-order valence-corrected chi connectivity index (χ1v) is 7.11. The number of rotatable bonds is 6. The van der Waals surface area contributed by atoms with Crippen LogP contribution in [0.25, 0.3) is 0 Å². The zero-order valence-corrected chi connectivity index (χ0v) is 11.5. The van der Waals surface area contributed by atoms with Crippen LogP contribution in [0.1, 0.15) is 46.0 Å². The van der Waals surface area contributed by atoms with Gasteiger partial charge in [0.2, 0.25) is 5.88 Å². The molecular weight excluding hydrogens is 224 g/mol. The summed E-state index contributed by atoms with van der Waals surface area (Å²) < 4.78 is 5.69. The number of hydrogen-bond donors (Lipinski definition) is 1. The van der Waals surface area contributed by atoms with Crippen LogP contribution >= 0.6 is 0 Å². The van der Waals surface area contributed by atoms with Gasteiger partial charge in [0.25, 0.3) is 0 Å². The Morgan fingerprint density at radius 1 is 1.39 bits per heavy atom. The summed E-state index contributed by atoms with van der Waals surface area (Å²) in [6, 6.07) is 3.99. The molecule has 0 bridgehead atoms. The van der Waals surface area contributed by atoms with Crippen molar-refractivity contribution < 1.29 is 4.74 Å². The third kappa shape index (κ3) is 3.90. The first kappa shape index (κ1) is 13.2. The summed E-state index contributed by atoms with van der Waals surface area (Å²) in [7, 11) is 0. The van der Waals surface area contributed by atoms with Gasteiger partial charge < -0.3 is 10.1 Å². The van der Waals surface area contributed by atoms with E-state index in [0.717, 1.165) is 24.0 Å². The topological polar surface area (TPSA) is 34.1 Å². The van der Waals surface area contributed by atoms with E-state index < -0.39 is 0 Å². The summed E-state index contributed by atoms with van der Waals surface area (Å²) in [6.07, 6.45) is 8.85. The van der Waals surface area contributed by atoms with E-state index in [0.29, 0.717) is 0 Å². The van der Waals surface area contributed by atoms with E-state index >= 15 is 0 Å². The van der Waals surface area contributed by atoms with E-state index in [-0.39, 0.29) is 6.10 Å². The van der Waals surface area contributed by atoms with E-state index in [1.54, 1.807) is 6.20 Å². The molecule has 3 nitrogen and oxygen atoms in total. The zero-order chi connectivity index (χ0) is 12.8. The van der Waals surface area contributed by atoms with E-state index in [4.69, 9.17) is 4.74 Å². The van der Waals surface area contributed by atoms with Gasteiger partial charge in [-0.25, -0.2) is 4.98 Å². The second-order valence-electron chi connectivity index (χ2n) is 5.39. The minimum absolute atomic E-state index is 0.162. The van der Waals surface area contributed by atoms with Crippen LogP contribution in [-0.2, 0) is 0 Å². The SMILES string of the molecule is CC(C)Oc1ncccc1NCCC1CCCC1. The zero-order valence-electron chi connectivity index (χ0n) is 11.5. The van der Waals surface area contributed by atoms with Gasteiger partial charge in [-0.05, 0) is 38.3 Å². The number of anilines is 1. The molecule has 0 saturated heterocycles. The number of pyridine rings is 1. The average molecular weight is 248 g/mol. The van der Waals surface area contributed by atoms with E-state index in [2.05, 4.69) is 10.3 Å². The van der Waals surface area contributed by atoms with Gasteiger partial charge in [-0.2, -0.15) is 0 Å². The van der Waals surface area contributed by atoms with Crippen LogP contribution in [0.3, 0.4) is 0 Å². The van der Waals surface area contributed by atoms with E-state index in [1.165, 1.54) is 32.1 Å². The van der Waals surface area contributed by atoms with Crippen molar-refractivity contribution in [1.82, 2.24) is 4.98 Å². The molecule has 1 aromatic rings. The van der Waals surface area contributed by atoms with Crippen molar-refractivity contribution in [2.45, 2.75) is 52.1 Å². The lowest BCUT2D eigenvalue weighted by molar-refractivity contribution is 0.234. The quantitative estimate of drug-likeness (QED) is 0.830. The molecule has 1 aromatic heterocycles. The molecule has 1 aliphatic rings. The Bertz CT molecular complexity index is 359. The van der Waals surface area contributed by atoms with Crippen molar-refractivity contribution in [3.63, 3.8) is 0 Å². The molecule has 0 atom stereocenters. The molecule has 1 saturated carbocycles. The van der Waals surface area contributed by atoms with Gasteiger partial charge in [0.15, 0.2) is 0 Å². The van der Waals surface area contributed by atoms with Gasteiger partial charge in [-0.1, -0.05) is 25.7 Å². The maximum absolute atomic E-state index is 5.69. The molecule has 0 spiro atoms. The minimum atomic E-state index is 0.162. The van der Waals surface area contributed by atoms with Crippen molar-refractivity contribution in [3.8, 4) is 5.88 Å². The lowest BCUT2D eigenvalue weighted by atomic mass is 10.0. The Kier molecular flexibility index (Phi) is 4.85. The fourth-order valence-corrected chi connectivity index (χ4v) is 2.55. The number of aromatic nitrogens is 1. The molecule has 0 unspecified atom stereocenters. The largest absolute Gasteiger partial charge is 0.473 e. The summed E-state index contributed by atoms with van der Waals surface area (Å²) in [5.41, 5.74) is 1.02. The van der Waals surface area contributed by atoms with Crippen LogP contribution < -0.4 is 10.1 Å². The summed E-state index contributed by atoms with van der Waals surface area (Å²) in [5.74, 6) is 1.64. The summed E-state index contributed by atoms with van der Waals surface area (Å²) in [4.78, 5) is 4.28. The second-order valence-corrected chi connectivity index (χ2v) is 5.39. The van der Waals surface area contributed by atoms with E-state index in [1.807, 2.05) is 26.0 Å². The molecule has 1 heterocycles. The van der Waals surface area contributed by atoms with E-state index in [9.17, 15) is 0 Å². The Hall–Kier alpha value is -1.25. The average Bonchev–Trinajstić information content (AvgIpc) is 2.84. The molecule has 0 aliphatic heterocycles. The Morgan fingerprint density at radius 3 is 2.89 bits per heavy atom. The van der Waals surface area contributed by atoms with Crippen LogP contribution in [0, 0.1) is 5.92 Å². The Morgan fingerprint density at radius 2 is 2.17 bits per heavy atom. The highest BCUT2D eigenvalue weighted by Gasteiger charge is 2.14. The standard InChI is InChI=1S/C15H24N2O/c1-12(2)18-15-14(8-5-10-17-15)16-11-9-13-6-3-4-7-13/h5,8,10,12-13,16H,3-4,6-7,9,11H2,1-2H3. The number of nitrogens with zero attached hydrogens (tertiary/aromatic N) is 1. The van der Waals surface area contributed by atoms with Gasteiger partial charge in [0.05, 0.1) is 11.8 Å². The van der Waals surface area contributed by atoms with Crippen molar-refractivity contribution >= 4 is 5.69 Å². The fraction of sp³-hybridized carbons (Fsp3) is 0.667. The van der Waals surface area contributed by atoms with Crippen LogP contribution in [-0.4, -0.2) is 17.6 Å². The monoisotopic (exact) mass is 248 g/mol. The molecule has 3 heteroatoms. The Labute approximate surface area is 110 Å². The number of ether oxygens (including phenoxy) is 1. The molecule has 2 rings (SSSR count). The maximum Gasteiger partial charge on any atom is 0.237 e. The Balaban J connectivity index is 1.83.